The smallest absolute Gasteiger partial charge is 0.304 e. The van der Waals surface area contributed by atoms with E-state index < -0.39 is 0 Å². The van der Waals surface area contributed by atoms with Crippen molar-refractivity contribution in [2.45, 2.75) is 12.0 Å². The average Bonchev–Trinajstić information content (AvgIpc) is 3.40. The highest BCUT2D eigenvalue weighted by Crippen LogP contribution is 2.50. The number of fused-ring (bicyclic) bond motifs is 6. The fraction of sp³-hybridized carbons (Fsp3) is 0.0667. The molecule has 2 aliphatic rings. The van der Waals surface area contributed by atoms with Gasteiger partial charge in [-0.2, -0.15) is 0 Å². The molecule has 0 amide bonds. The summed E-state index contributed by atoms with van der Waals surface area (Å²) in [6.07, 6.45) is 8.98. The quantitative estimate of drug-likeness (QED) is 0.378. The van der Waals surface area contributed by atoms with Crippen molar-refractivity contribution in [2.24, 2.45) is 0 Å². The van der Waals surface area contributed by atoms with Gasteiger partial charge in [-0.1, -0.05) is 78.3 Å². The van der Waals surface area contributed by atoms with Gasteiger partial charge in [-0.25, -0.2) is 0 Å². The van der Waals surface area contributed by atoms with Crippen LogP contribution in [0, 0.1) is 0 Å². The SMILES string of the molecule is OBc1ccc2c(c1)c1cc3c(cc1n2-c1ccccc1)C1C=CC=CC1N3c1ccccc1. The summed E-state index contributed by atoms with van der Waals surface area (Å²) in [5.41, 5.74) is 8.25. The van der Waals surface area contributed by atoms with Crippen LogP contribution in [0.5, 0.6) is 0 Å². The number of nitrogens with zero attached hydrogens (tertiary/aromatic N) is 2. The summed E-state index contributed by atoms with van der Waals surface area (Å²) in [5.74, 6) is 0.305. The Bertz CT molecular complexity index is 1600. The molecule has 162 valence electrons. The number of allylic oxidation sites excluding steroid dienone is 2. The second kappa shape index (κ2) is 7.51. The van der Waals surface area contributed by atoms with Gasteiger partial charge < -0.3 is 14.5 Å². The van der Waals surface area contributed by atoms with Crippen molar-refractivity contribution < 1.29 is 5.02 Å². The van der Waals surface area contributed by atoms with E-state index in [2.05, 4.69) is 119 Å². The van der Waals surface area contributed by atoms with E-state index in [0.717, 1.165) is 16.7 Å². The maximum atomic E-state index is 9.85. The van der Waals surface area contributed by atoms with E-state index >= 15 is 0 Å². The Morgan fingerprint density at radius 2 is 1.38 bits per heavy atom. The van der Waals surface area contributed by atoms with Crippen molar-refractivity contribution in [3.63, 3.8) is 0 Å². The third kappa shape index (κ3) is 2.76. The van der Waals surface area contributed by atoms with Crippen LogP contribution in [-0.4, -0.2) is 23.1 Å². The molecule has 0 fully saturated rings. The topological polar surface area (TPSA) is 28.4 Å². The molecule has 1 N–H and O–H groups in total. The summed E-state index contributed by atoms with van der Waals surface area (Å²) in [4.78, 5) is 2.47. The van der Waals surface area contributed by atoms with Gasteiger partial charge in [0, 0.05) is 33.8 Å². The first kappa shape index (κ1) is 19.5. The molecule has 2 heterocycles. The molecule has 1 aromatic heterocycles. The minimum Gasteiger partial charge on any atom is -0.449 e. The van der Waals surface area contributed by atoms with Crippen LogP contribution in [-0.2, 0) is 0 Å². The van der Waals surface area contributed by atoms with Gasteiger partial charge in [-0.05, 0) is 48.0 Å². The molecule has 3 nitrogen and oxygen atoms in total. The molecule has 0 saturated carbocycles. The lowest BCUT2D eigenvalue weighted by Crippen LogP contribution is -2.28. The number of anilines is 2. The van der Waals surface area contributed by atoms with Gasteiger partial charge in [0.2, 0.25) is 0 Å². The van der Waals surface area contributed by atoms with Crippen molar-refractivity contribution in [2.75, 3.05) is 4.90 Å². The largest absolute Gasteiger partial charge is 0.449 e. The standard InChI is InChI=1S/C30H23BN2O/c34-31-20-15-16-28-24(17-20)26-19-29-25(18-30(26)33(28)22-11-5-2-6-12-22)23-13-7-8-14-27(23)32(29)21-9-3-1-4-10-21/h1-19,23,27,31,34H. The molecule has 1 aliphatic carbocycles. The Kier molecular flexibility index (Phi) is 4.30. The van der Waals surface area contributed by atoms with E-state index in [1.807, 2.05) is 6.07 Å². The lowest BCUT2D eigenvalue weighted by molar-refractivity contribution is 0.615. The lowest BCUT2D eigenvalue weighted by atomic mass is 9.87. The van der Waals surface area contributed by atoms with Crippen LogP contribution in [0.1, 0.15) is 11.5 Å². The third-order valence-corrected chi connectivity index (χ3v) is 7.23. The van der Waals surface area contributed by atoms with Crippen LogP contribution in [0.2, 0.25) is 0 Å². The zero-order valence-electron chi connectivity index (χ0n) is 18.7. The molecule has 0 spiro atoms. The summed E-state index contributed by atoms with van der Waals surface area (Å²) in [7, 11) is 0.0365. The van der Waals surface area contributed by atoms with Crippen LogP contribution in [0.25, 0.3) is 27.5 Å². The zero-order chi connectivity index (χ0) is 22.6. The fourth-order valence-electron chi connectivity index (χ4n) is 5.74. The van der Waals surface area contributed by atoms with Crippen LogP contribution >= 0.6 is 0 Å². The maximum Gasteiger partial charge on any atom is 0.304 e. The van der Waals surface area contributed by atoms with Crippen LogP contribution in [0.15, 0.2) is 115 Å². The Morgan fingerprint density at radius 1 is 0.676 bits per heavy atom. The third-order valence-electron chi connectivity index (χ3n) is 7.23. The Morgan fingerprint density at radius 3 is 2.15 bits per heavy atom. The minimum absolute atomic E-state index is 0.0365. The van der Waals surface area contributed by atoms with Crippen molar-refractivity contribution in [3.8, 4) is 5.69 Å². The molecule has 2 unspecified atom stereocenters. The van der Waals surface area contributed by atoms with Crippen LogP contribution in [0.4, 0.5) is 11.4 Å². The summed E-state index contributed by atoms with van der Waals surface area (Å²) < 4.78 is 2.36. The van der Waals surface area contributed by atoms with Crippen molar-refractivity contribution in [1.29, 1.82) is 0 Å². The van der Waals surface area contributed by atoms with Crippen molar-refractivity contribution >= 4 is 46.1 Å². The number of hydrogen-bond donors (Lipinski definition) is 1. The molecular formula is C30H23BN2O. The van der Waals surface area contributed by atoms with E-state index in [-0.39, 0.29) is 13.5 Å². The predicted molar refractivity (Wildman–Crippen MR) is 143 cm³/mol. The highest BCUT2D eigenvalue weighted by atomic mass is 16.2. The van der Waals surface area contributed by atoms with Gasteiger partial charge in [0.15, 0.2) is 0 Å². The first-order valence-corrected chi connectivity index (χ1v) is 11.8. The van der Waals surface area contributed by atoms with E-state index in [9.17, 15) is 5.02 Å². The number of rotatable bonds is 3. The number of hydrogen-bond acceptors (Lipinski definition) is 2. The molecule has 7 rings (SSSR count). The summed E-state index contributed by atoms with van der Waals surface area (Å²) >= 11 is 0. The highest BCUT2D eigenvalue weighted by molar-refractivity contribution is 6.46. The monoisotopic (exact) mass is 438 g/mol. The highest BCUT2D eigenvalue weighted by Gasteiger charge is 2.38. The van der Waals surface area contributed by atoms with Gasteiger partial charge in [-0.15, -0.1) is 0 Å². The molecule has 4 heteroatoms. The van der Waals surface area contributed by atoms with E-state index in [1.54, 1.807) is 0 Å². The maximum absolute atomic E-state index is 9.85. The fourth-order valence-corrected chi connectivity index (χ4v) is 5.74. The molecule has 0 saturated heterocycles. The number of para-hydroxylation sites is 2. The minimum atomic E-state index is 0.0365. The van der Waals surface area contributed by atoms with Gasteiger partial charge in [0.25, 0.3) is 0 Å². The molecule has 1 aliphatic heterocycles. The number of aromatic nitrogens is 1. The molecular weight excluding hydrogens is 415 g/mol. The summed E-state index contributed by atoms with van der Waals surface area (Å²) in [6, 6.07) is 32.5. The Labute approximate surface area is 199 Å². The van der Waals surface area contributed by atoms with Gasteiger partial charge in [-0.3, -0.25) is 0 Å². The first-order valence-electron chi connectivity index (χ1n) is 11.8. The molecule has 0 radical (unpaired) electrons. The first-order chi connectivity index (χ1) is 16.8. The second-order valence-corrected chi connectivity index (χ2v) is 9.10. The Hall–Kier alpha value is -4.02. The van der Waals surface area contributed by atoms with Crippen molar-refractivity contribution in [3.05, 3.63) is 121 Å². The van der Waals surface area contributed by atoms with Gasteiger partial charge in [0.1, 0.15) is 0 Å². The summed E-state index contributed by atoms with van der Waals surface area (Å²) in [6.45, 7) is 0. The molecule has 2 atom stereocenters. The molecule has 4 aromatic carbocycles. The average molecular weight is 438 g/mol. The predicted octanol–water partition coefficient (Wildman–Crippen LogP) is 5.48. The lowest BCUT2D eigenvalue weighted by Gasteiger charge is -2.28. The normalized spacial score (nSPS) is 18.4. The molecule has 5 aromatic rings. The van der Waals surface area contributed by atoms with E-state index in [4.69, 9.17) is 0 Å². The van der Waals surface area contributed by atoms with Gasteiger partial charge in [0.05, 0.1) is 17.1 Å². The molecule has 34 heavy (non-hydrogen) atoms. The van der Waals surface area contributed by atoms with Gasteiger partial charge >= 0.3 is 7.48 Å². The Balaban J connectivity index is 1.57. The van der Waals surface area contributed by atoms with Crippen LogP contribution < -0.4 is 10.4 Å². The van der Waals surface area contributed by atoms with E-state index in [0.29, 0.717) is 5.92 Å². The zero-order valence-corrected chi connectivity index (χ0v) is 18.7. The van der Waals surface area contributed by atoms with Crippen molar-refractivity contribution in [1.82, 2.24) is 4.57 Å². The second-order valence-electron chi connectivity index (χ2n) is 9.10. The molecule has 0 bridgehead atoms. The summed E-state index contributed by atoms with van der Waals surface area (Å²) in [5, 5.41) is 12.2. The van der Waals surface area contributed by atoms with Crippen LogP contribution in [0.3, 0.4) is 0 Å². The van der Waals surface area contributed by atoms with E-state index in [1.165, 1.54) is 33.2 Å². The number of benzene rings is 4.